The summed E-state index contributed by atoms with van der Waals surface area (Å²) in [6, 6.07) is 0.912. The second-order valence-corrected chi connectivity index (χ2v) is 7.87. The van der Waals surface area contributed by atoms with Gasteiger partial charge in [0.1, 0.15) is 0 Å². The number of hydrogen-bond donors (Lipinski definition) is 1. The van der Waals surface area contributed by atoms with Crippen LogP contribution < -0.4 is 5.73 Å². The van der Waals surface area contributed by atoms with Gasteiger partial charge in [0.2, 0.25) is 0 Å². The van der Waals surface area contributed by atoms with Crippen molar-refractivity contribution in [1.29, 1.82) is 0 Å². The predicted octanol–water partition coefficient (Wildman–Crippen LogP) is 2.03. The fourth-order valence-electron chi connectivity index (χ4n) is 4.53. The average Bonchev–Trinajstić information content (AvgIpc) is 3.16. The summed E-state index contributed by atoms with van der Waals surface area (Å²) >= 11 is 1.63. The van der Waals surface area contributed by atoms with Crippen LogP contribution in [0.2, 0.25) is 0 Å². The highest BCUT2D eigenvalue weighted by atomic mass is 32.1. The highest BCUT2D eigenvalue weighted by Gasteiger charge is 2.42. The van der Waals surface area contributed by atoms with Crippen molar-refractivity contribution in [1.82, 2.24) is 14.8 Å². The molecule has 2 saturated carbocycles. The molecule has 1 saturated heterocycles. The van der Waals surface area contributed by atoms with E-state index in [2.05, 4.69) is 14.8 Å². The molecular weight excluding hydrogens is 268 g/mol. The van der Waals surface area contributed by atoms with Crippen molar-refractivity contribution in [2.75, 3.05) is 31.9 Å². The largest absolute Gasteiger partial charge is 0.375 e. The Morgan fingerprint density at radius 2 is 2.05 bits per heavy atom. The summed E-state index contributed by atoms with van der Waals surface area (Å²) in [5.74, 6) is 2.08. The van der Waals surface area contributed by atoms with E-state index in [-0.39, 0.29) is 0 Å². The van der Waals surface area contributed by atoms with Gasteiger partial charge < -0.3 is 5.73 Å². The van der Waals surface area contributed by atoms with Gasteiger partial charge in [-0.1, -0.05) is 6.42 Å². The van der Waals surface area contributed by atoms with Crippen LogP contribution in [-0.2, 0) is 6.54 Å². The Balaban J connectivity index is 1.30. The molecule has 2 heterocycles. The maximum absolute atomic E-state index is 5.70. The van der Waals surface area contributed by atoms with Crippen LogP contribution in [0.1, 0.15) is 30.6 Å². The summed E-state index contributed by atoms with van der Waals surface area (Å²) < 4.78 is 0. The first kappa shape index (κ1) is 13.0. The van der Waals surface area contributed by atoms with Crippen LogP contribution in [0.5, 0.6) is 0 Å². The van der Waals surface area contributed by atoms with E-state index < -0.39 is 0 Å². The van der Waals surface area contributed by atoms with Gasteiger partial charge in [0.05, 0.1) is 0 Å². The Morgan fingerprint density at radius 3 is 2.65 bits per heavy atom. The Bertz CT molecular complexity index is 466. The summed E-state index contributed by atoms with van der Waals surface area (Å²) in [6.07, 6.45) is 7.94. The quantitative estimate of drug-likeness (QED) is 0.926. The number of aromatic nitrogens is 1. The van der Waals surface area contributed by atoms with Crippen molar-refractivity contribution in [3.05, 3.63) is 11.1 Å². The van der Waals surface area contributed by atoms with Crippen LogP contribution in [0.25, 0.3) is 0 Å². The lowest BCUT2D eigenvalue weighted by atomic mass is 9.93. The summed E-state index contributed by atoms with van der Waals surface area (Å²) in [5.41, 5.74) is 5.70. The van der Waals surface area contributed by atoms with E-state index in [4.69, 9.17) is 5.73 Å². The minimum atomic E-state index is 0.695. The van der Waals surface area contributed by atoms with Crippen molar-refractivity contribution in [2.45, 2.75) is 38.3 Å². The minimum absolute atomic E-state index is 0.695. The summed E-state index contributed by atoms with van der Waals surface area (Å²) in [5, 5.41) is 0.695. The van der Waals surface area contributed by atoms with Crippen LogP contribution in [0.15, 0.2) is 6.20 Å². The second kappa shape index (κ2) is 5.28. The molecule has 1 aromatic heterocycles. The van der Waals surface area contributed by atoms with Gasteiger partial charge in [-0.2, -0.15) is 0 Å². The first-order chi connectivity index (χ1) is 9.78. The first-order valence-corrected chi connectivity index (χ1v) is 8.76. The molecule has 0 amide bonds. The van der Waals surface area contributed by atoms with E-state index in [9.17, 15) is 0 Å². The fourth-order valence-corrected chi connectivity index (χ4v) is 5.25. The molecule has 2 aliphatic carbocycles. The van der Waals surface area contributed by atoms with E-state index in [0.717, 1.165) is 24.4 Å². The fraction of sp³-hybridized carbons (Fsp3) is 0.800. The molecule has 3 aliphatic rings. The molecule has 3 unspecified atom stereocenters. The number of nitrogens with two attached hydrogens (primary N) is 1. The third-order valence-electron chi connectivity index (χ3n) is 5.53. The number of piperazine rings is 1. The number of thiazole rings is 1. The van der Waals surface area contributed by atoms with Crippen LogP contribution >= 0.6 is 11.3 Å². The molecule has 3 fully saturated rings. The van der Waals surface area contributed by atoms with E-state index in [1.165, 1.54) is 56.7 Å². The van der Waals surface area contributed by atoms with Crippen LogP contribution in [-0.4, -0.2) is 47.0 Å². The number of anilines is 1. The number of nitrogens with zero attached hydrogens (tertiary/aromatic N) is 3. The average molecular weight is 292 g/mol. The van der Waals surface area contributed by atoms with Gasteiger partial charge in [-0.15, -0.1) is 11.3 Å². The lowest BCUT2D eigenvalue weighted by Gasteiger charge is -2.40. The van der Waals surface area contributed by atoms with E-state index >= 15 is 0 Å². The van der Waals surface area contributed by atoms with Crippen LogP contribution in [0.3, 0.4) is 0 Å². The van der Waals surface area contributed by atoms with Gasteiger partial charge in [0.25, 0.3) is 0 Å². The van der Waals surface area contributed by atoms with Gasteiger partial charge in [-0.3, -0.25) is 9.80 Å². The van der Waals surface area contributed by atoms with E-state index in [1.807, 2.05) is 6.20 Å². The van der Waals surface area contributed by atoms with Crippen molar-refractivity contribution >= 4 is 16.5 Å². The first-order valence-electron chi connectivity index (χ1n) is 7.94. The van der Waals surface area contributed by atoms with Gasteiger partial charge >= 0.3 is 0 Å². The van der Waals surface area contributed by atoms with Gasteiger partial charge in [-0.05, 0) is 31.1 Å². The number of fused-ring (bicyclic) bond motifs is 2. The molecule has 110 valence electrons. The van der Waals surface area contributed by atoms with Crippen molar-refractivity contribution < 1.29 is 0 Å². The molecule has 4 nitrogen and oxygen atoms in total. The standard InChI is InChI=1S/C15H24N4S/c16-15-17-9-13(20-15)10-18-3-5-19(6-4-18)14-8-11-1-2-12(14)7-11/h9,11-12,14H,1-8,10H2,(H2,16,17). The van der Waals surface area contributed by atoms with Crippen LogP contribution in [0.4, 0.5) is 5.13 Å². The van der Waals surface area contributed by atoms with E-state index in [1.54, 1.807) is 11.3 Å². The normalized spacial score (nSPS) is 34.9. The highest BCUT2D eigenvalue weighted by Crippen LogP contribution is 2.46. The topological polar surface area (TPSA) is 45.4 Å². The molecule has 2 bridgehead atoms. The van der Waals surface area contributed by atoms with E-state index in [0.29, 0.717) is 5.13 Å². The maximum atomic E-state index is 5.70. The van der Waals surface area contributed by atoms with Gasteiger partial charge in [0, 0.05) is 49.8 Å². The Labute approximate surface area is 125 Å². The van der Waals surface area contributed by atoms with Crippen molar-refractivity contribution in [2.24, 2.45) is 11.8 Å². The Kier molecular flexibility index (Phi) is 3.44. The third-order valence-corrected chi connectivity index (χ3v) is 6.34. The highest BCUT2D eigenvalue weighted by molar-refractivity contribution is 7.15. The van der Waals surface area contributed by atoms with Gasteiger partial charge in [0.15, 0.2) is 5.13 Å². The lowest BCUT2D eigenvalue weighted by Crippen LogP contribution is -2.51. The summed E-state index contributed by atoms with van der Waals surface area (Å²) in [4.78, 5) is 10.8. The second-order valence-electron chi connectivity index (χ2n) is 6.72. The Morgan fingerprint density at radius 1 is 1.20 bits per heavy atom. The molecule has 0 spiro atoms. The molecule has 1 aromatic rings. The van der Waals surface area contributed by atoms with Crippen molar-refractivity contribution in [3.8, 4) is 0 Å². The molecule has 5 heteroatoms. The molecule has 4 rings (SSSR count). The summed E-state index contributed by atoms with van der Waals surface area (Å²) in [7, 11) is 0. The molecule has 1 aliphatic heterocycles. The molecule has 2 N–H and O–H groups in total. The zero-order valence-electron chi connectivity index (χ0n) is 12.0. The zero-order valence-corrected chi connectivity index (χ0v) is 12.8. The molecular formula is C15H24N4S. The lowest BCUT2D eigenvalue weighted by molar-refractivity contribution is 0.0684. The maximum Gasteiger partial charge on any atom is 0.180 e. The smallest absolute Gasteiger partial charge is 0.180 e. The molecule has 0 aromatic carbocycles. The SMILES string of the molecule is Nc1ncc(CN2CCN(C3CC4CCC3C4)CC2)s1. The number of nitrogen functional groups attached to an aromatic ring is 1. The monoisotopic (exact) mass is 292 g/mol. The zero-order chi connectivity index (χ0) is 13.5. The molecule has 0 radical (unpaired) electrons. The van der Waals surface area contributed by atoms with Crippen molar-refractivity contribution in [3.63, 3.8) is 0 Å². The third kappa shape index (κ3) is 2.47. The Hall–Kier alpha value is -0.650. The summed E-state index contributed by atoms with van der Waals surface area (Å²) in [6.45, 7) is 5.93. The molecule has 20 heavy (non-hydrogen) atoms. The number of hydrogen-bond acceptors (Lipinski definition) is 5. The van der Waals surface area contributed by atoms with Gasteiger partial charge in [-0.25, -0.2) is 4.98 Å². The van der Waals surface area contributed by atoms with Crippen LogP contribution in [0, 0.1) is 11.8 Å². The minimum Gasteiger partial charge on any atom is -0.375 e. The molecule has 3 atom stereocenters. The predicted molar refractivity (Wildman–Crippen MR) is 82.6 cm³/mol. The number of rotatable bonds is 3.